The molecule has 0 bridgehead atoms. The summed E-state index contributed by atoms with van der Waals surface area (Å²) in [5, 5.41) is 4.69. The Morgan fingerprint density at radius 2 is 1.77 bits per heavy atom. The van der Waals surface area contributed by atoms with Gasteiger partial charge in [0.1, 0.15) is 10.4 Å². The third-order valence-corrected chi connectivity index (χ3v) is 6.44. The van der Waals surface area contributed by atoms with Crippen molar-refractivity contribution < 1.29 is 4.39 Å². The van der Waals surface area contributed by atoms with Crippen molar-refractivity contribution in [1.82, 2.24) is 9.61 Å². The molecule has 0 radical (unpaired) electrons. The second-order valence-corrected chi connectivity index (χ2v) is 8.76. The van der Waals surface area contributed by atoms with Crippen LogP contribution in [0, 0.1) is 12.7 Å². The van der Waals surface area contributed by atoms with Gasteiger partial charge >= 0.3 is 0 Å². The molecule has 1 aliphatic rings. The molecule has 0 amide bonds. The Labute approximate surface area is 161 Å². The van der Waals surface area contributed by atoms with Crippen LogP contribution in [0.2, 0.25) is 0 Å². The summed E-state index contributed by atoms with van der Waals surface area (Å²) in [5.41, 5.74) is 4.31. The Bertz CT molecular complexity index is 1080. The number of fused-ring (bicyclic) bond motifs is 2. The maximum absolute atomic E-state index is 14.9. The number of nitrogens with zero attached hydrogens (tertiary/aromatic N) is 3. The van der Waals surface area contributed by atoms with Gasteiger partial charge in [-0.3, -0.25) is 4.99 Å². The summed E-state index contributed by atoms with van der Waals surface area (Å²) in [6.07, 6.45) is 0. The first-order chi connectivity index (χ1) is 12.1. The molecule has 3 heterocycles. The van der Waals surface area contributed by atoms with Crippen molar-refractivity contribution in [2.24, 2.45) is 4.99 Å². The number of aromatic nitrogens is 2. The number of aryl methyl sites for hydroxylation is 1. The lowest BCUT2D eigenvalue weighted by molar-refractivity contribution is 0.293. The van der Waals surface area contributed by atoms with E-state index in [-0.39, 0.29) is 5.82 Å². The summed E-state index contributed by atoms with van der Waals surface area (Å²) >= 11 is 3.51. The van der Waals surface area contributed by atoms with Gasteiger partial charge in [-0.2, -0.15) is 5.10 Å². The first-order valence-corrected chi connectivity index (χ1v) is 9.47. The third kappa shape index (κ3) is 2.29. The van der Waals surface area contributed by atoms with Crippen LogP contribution in [0.15, 0.2) is 46.0 Å². The Balaban J connectivity index is 2.05. The van der Waals surface area contributed by atoms with E-state index < -0.39 is 11.0 Å². The van der Waals surface area contributed by atoms with Crippen LogP contribution in [-0.4, -0.2) is 20.9 Å². The van der Waals surface area contributed by atoms with Crippen molar-refractivity contribution in [2.75, 3.05) is 0 Å². The highest BCUT2D eigenvalue weighted by Gasteiger charge is 2.45. The summed E-state index contributed by atoms with van der Waals surface area (Å²) in [7, 11) is 0. The second-order valence-electron chi connectivity index (χ2n) is 7.94. The van der Waals surface area contributed by atoms with Gasteiger partial charge in [0.15, 0.2) is 0 Å². The van der Waals surface area contributed by atoms with E-state index >= 15 is 0 Å². The van der Waals surface area contributed by atoms with Gasteiger partial charge in [-0.05, 0) is 61.0 Å². The molecular weight excluding hydrogens is 393 g/mol. The van der Waals surface area contributed by atoms with Gasteiger partial charge in [0.2, 0.25) is 0 Å². The van der Waals surface area contributed by atoms with Gasteiger partial charge in [-0.15, -0.1) is 0 Å². The summed E-state index contributed by atoms with van der Waals surface area (Å²) in [6, 6.07) is 11.3. The van der Waals surface area contributed by atoms with E-state index in [0.29, 0.717) is 0 Å². The van der Waals surface area contributed by atoms with Crippen LogP contribution < -0.4 is 0 Å². The number of rotatable bonds is 1. The summed E-state index contributed by atoms with van der Waals surface area (Å²) in [5.74, 6) is -0.176. The molecule has 134 valence electrons. The molecule has 0 saturated carbocycles. The van der Waals surface area contributed by atoms with Crippen molar-refractivity contribution >= 4 is 27.2 Å². The van der Waals surface area contributed by atoms with Crippen LogP contribution in [0.25, 0.3) is 5.52 Å². The van der Waals surface area contributed by atoms with Gasteiger partial charge in [-0.1, -0.05) is 26.0 Å². The molecule has 0 unspecified atom stereocenters. The number of hydrogen-bond acceptors (Lipinski definition) is 2. The standard InChI is InChI=1S/C21H21BrFN3/c1-12-15(11-13-9-10-17(22)26(13)25-12)19-14-7-6-8-16(23)18(14)20(2,3)21(4,5)24-19/h6-11H,1-5H3. The van der Waals surface area contributed by atoms with Gasteiger partial charge in [0, 0.05) is 22.1 Å². The minimum atomic E-state index is -0.446. The minimum absolute atomic E-state index is 0.176. The molecular formula is C21H21BrFN3. The molecule has 1 aliphatic heterocycles. The maximum Gasteiger partial charge on any atom is 0.127 e. The number of halogens is 2. The second kappa shape index (κ2) is 5.49. The minimum Gasteiger partial charge on any atom is -0.277 e. The fraction of sp³-hybridized carbons (Fsp3) is 0.333. The van der Waals surface area contributed by atoms with Crippen LogP contribution in [0.3, 0.4) is 0 Å². The van der Waals surface area contributed by atoms with Crippen molar-refractivity contribution in [1.29, 1.82) is 0 Å². The zero-order valence-electron chi connectivity index (χ0n) is 15.6. The molecule has 0 spiro atoms. The molecule has 0 fully saturated rings. The first-order valence-electron chi connectivity index (χ1n) is 8.68. The van der Waals surface area contributed by atoms with Crippen LogP contribution in [0.5, 0.6) is 0 Å². The molecule has 5 heteroatoms. The van der Waals surface area contributed by atoms with Crippen molar-refractivity contribution in [3.8, 4) is 0 Å². The predicted octanol–water partition coefficient (Wildman–Crippen LogP) is 5.45. The quantitative estimate of drug-likeness (QED) is 0.521. The third-order valence-electron chi connectivity index (χ3n) is 5.84. The number of hydrogen-bond donors (Lipinski definition) is 0. The molecule has 0 atom stereocenters. The average molecular weight is 414 g/mol. The lowest BCUT2D eigenvalue weighted by Gasteiger charge is -2.44. The van der Waals surface area contributed by atoms with E-state index in [0.717, 1.165) is 38.2 Å². The molecule has 3 nitrogen and oxygen atoms in total. The maximum atomic E-state index is 14.9. The molecule has 0 N–H and O–H groups in total. The van der Waals surface area contributed by atoms with E-state index in [4.69, 9.17) is 4.99 Å². The molecule has 3 aromatic rings. The van der Waals surface area contributed by atoms with E-state index in [1.54, 1.807) is 6.07 Å². The lowest BCUT2D eigenvalue weighted by atomic mass is 9.65. The fourth-order valence-corrected chi connectivity index (χ4v) is 4.09. The topological polar surface area (TPSA) is 29.7 Å². The summed E-state index contributed by atoms with van der Waals surface area (Å²) in [6.45, 7) is 10.2. The Morgan fingerprint density at radius 3 is 2.50 bits per heavy atom. The zero-order valence-corrected chi connectivity index (χ0v) is 17.1. The molecule has 1 aromatic carbocycles. The summed E-state index contributed by atoms with van der Waals surface area (Å²) < 4.78 is 17.6. The van der Waals surface area contributed by atoms with E-state index in [2.05, 4.69) is 54.8 Å². The SMILES string of the molecule is Cc1nn2c(Br)ccc2cc1C1=NC(C)(C)C(C)(C)c2c(F)cccc21. The Morgan fingerprint density at radius 1 is 1.04 bits per heavy atom. The molecule has 2 aromatic heterocycles. The fourth-order valence-electron chi connectivity index (χ4n) is 3.68. The van der Waals surface area contributed by atoms with Crippen molar-refractivity contribution in [3.05, 3.63) is 69.2 Å². The normalized spacial score (nSPS) is 17.9. The highest BCUT2D eigenvalue weighted by atomic mass is 79.9. The van der Waals surface area contributed by atoms with Crippen LogP contribution in [0.1, 0.15) is 50.1 Å². The monoisotopic (exact) mass is 413 g/mol. The van der Waals surface area contributed by atoms with Gasteiger partial charge in [0.25, 0.3) is 0 Å². The average Bonchev–Trinajstić information content (AvgIpc) is 2.91. The van der Waals surface area contributed by atoms with Crippen molar-refractivity contribution in [3.63, 3.8) is 0 Å². The van der Waals surface area contributed by atoms with Gasteiger partial charge in [-0.25, -0.2) is 8.91 Å². The zero-order chi connectivity index (χ0) is 18.9. The van der Waals surface area contributed by atoms with E-state index in [1.165, 1.54) is 6.07 Å². The van der Waals surface area contributed by atoms with Crippen LogP contribution in [0.4, 0.5) is 4.39 Å². The van der Waals surface area contributed by atoms with Crippen molar-refractivity contribution in [2.45, 2.75) is 45.6 Å². The first kappa shape index (κ1) is 17.4. The highest BCUT2D eigenvalue weighted by molar-refractivity contribution is 9.10. The smallest absolute Gasteiger partial charge is 0.127 e. The summed E-state index contributed by atoms with van der Waals surface area (Å²) in [4.78, 5) is 5.08. The Hall–Kier alpha value is -2.01. The molecule has 0 saturated heterocycles. The predicted molar refractivity (Wildman–Crippen MR) is 107 cm³/mol. The highest BCUT2D eigenvalue weighted by Crippen LogP contribution is 2.45. The van der Waals surface area contributed by atoms with Crippen LogP contribution in [-0.2, 0) is 5.41 Å². The molecule has 0 aliphatic carbocycles. The molecule has 4 rings (SSSR count). The number of aliphatic imine (C=N–C) groups is 1. The Kier molecular flexibility index (Phi) is 3.68. The number of benzene rings is 1. The lowest BCUT2D eigenvalue weighted by Crippen LogP contribution is -2.47. The van der Waals surface area contributed by atoms with Gasteiger partial charge in [0.05, 0.1) is 22.5 Å². The van der Waals surface area contributed by atoms with Gasteiger partial charge < -0.3 is 0 Å². The van der Waals surface area contributed by atoms with E-state index in [9.17, 15) is 4.39 Å². The van der Waals surface area contributed by atoms with E-state index in [1.807, 2.05) is 29.6 Å². The largest absolute Gasteiger partial charge is 0.277 e. The van der Waals surface area contributed by atoms with Crippen LogP contribution >= 0.6 is 15.9 Å². The molecule has 26 heavy (non-hydrogen) atoms.